The number of likely N-dealkylation sites (N-methyl/N-ethyl adjacent to an activating group) is 1. The van der Waals surface area contributed by atoms with Crippen LogP contribution < -0.4 is 5.32 Å². The molecule has 108 valence electrons. The summed E-state index contributed by atoms with van der Waals surface area (Å²) in [6, 6.07) is 2.84. The molecule has 0 aromatic heterocycles. The van der Waals surface area contributed by atoms with Crippen molar-refractivity contribution in [1.29, 1.82) is 0 Å². The van der Waals surface area contributed by atoms with Crippen LogP contribution in [0.2, 0.25) is 0 Å². The second-order valence-electron chi connectivity index (χ2n) is 3.98. The normalized spacial score (nSPS) is 12.9. The molecule has 0 aliphatic carbocycles. The van der Waals surface area contributed by atoms with Gasteiger partial charge in [-0.1, -0.05) is 6.92 Å². The van der Waals surface area contributed by atoms with E-state index < -0.39 is 24.0 Å². The molecule has 0 spiro atoms. The molecule has 0 fully saturated rings. The zero-order valence-electron chi connectivity index (χ0n) is 11.6. The van der Waals surface area contributed by atoms with Gasteiger partial charge in [0.1, 0.15) is 11.6 Å². The molecule has 0 heterocycles. The molecule has 1 rings (SSSR count). The third kappa shape index (κ3) is 4.53. The minimum atomic E-state index is -0.647. The molecule has 0 saturated heterocycles. The fourth-order valence-corrected chi connectivity index (χ4v) is 1.89. The van der Waals surface area contributed by atoms with Crippen LogP contribution in [0.15, 0.2) is 18.2 Å². The average Bonchev–Trinajstić information content (AvgIpc) is 2.39. The largest absolute Gasteiger partial charge is 0.351 e. The molecule has 1 unspecified atom stereocenters. The monoisotopic (exact) mass is 273 g/mol. The predicted molar refractivity (Wildman–Crippen MR) is 69.8 cm³/mol. The Morgan fingerprint density at radius 3 is 2.26 bits per heavy atom. The van der Waals surface area contributed by atoms with Crippen molar-refractivity contribution in [2.24, 2.45) is 0 Å². The van der Waals surface area contributed by atoms with E-state index in [2.05, 4.69) is 5.32 Å². The lowest BCUT2D eigenvalue weighted by Gasteiger charge is -2.28. The maximum absolute atomic E-state index is 13.9. The van der Waals surface area contributed by atoms with Gasteiger partial charge in [-0.05, 0) is 38.6 Å². The summed E-state index contributed by atoms with van der Waals surface area (Å²) in [5.41, 5.74) is 0.216. The van der Waals surface area contributed by atoms with Crippen molar-refractivity contribution in [3.63, 3.8) is 0 Å². The molecule has 1 aromatic carbocycles. The molecule has 0 aliphatic heterocycles. The topological polar surface area (TPSA) is 30.5 Å². The summed E-state index contributed by atoms with van der Waals surface area (Å²) in [4.78, 5) is 0. The van der Waals surface area contributed by atoms with E-state index in [0.717, 1.165) is 12.1 Å². The number of nitrogens with one attached hydrogen (secondary N) is 1. The van der Waals surface area contributed by atoms with Gasteiger partial charge in [0.2, 0.25) is 0 Å². The highest BCUT2D eigenvalue weighted by Crippen LogP contribution is 2.24. The molecule has 1 N–H and O–H groups in total. The smallest absolute Gasteiger partial charge is 0.176 e. The lowest BCUT2D eigenvalue weighted by molar-refractivity contribution is -0.155. The zero-order valence-corrected chi connectivity index (χ0v) is 11.6. The van der Waals surface area contributed by atoms with Crippen LogP contribution in [0.25, 0.3) is 0 Å². The first-order chi connectivity index (χ1) is 9.13. The van der Waals surface area contributed by atoms with Gasteiger partial charge in [0, 0.05) is 18.8 Å². The summed E-state index contributed by atoms with van der Waals surface area (Å²) in [5.74, 6) is -0.956. The summed E-state index contributed by atoms with van der Waals surface area (Å²) in [5, 5.41) is 3.08. The maximum atomic E-state index is 13.9. The van der Waals surface area contributed by atoms with Crippen LogP contribution in [0.4, 0.5) is 8.78 Å². The molecule has 0 saturated carbocycles. The van der Waals surface area contributed by atoms with Gasteiger partial charge in [0.25, 0.3) is 0 Å². The van der Waals surface area contributed by atoms with Gasteiger partial charge < -0.3 is 14.8 Å². The zero-order chi connectivity index (χ0) is 14.3. The molecular weight excluding hydrogens is 252 g/mol. The molecule has 5 heteroatoms. The summed E-state index contributed by atoms with van der Waals surface area (Å²) in [7, 11) is 0. The molecule has 19 heavy (non-hydrogen) atoms. The molecule has 0 radical (unpaired) electrons. The first kappa shape index (κ1) is 16.0. The van der Waals surface area contributed by atoms with E-state index in [-0.39, 0.29) is 5.56 Å². The Kier molecular flexibility index (Phi) is 6.91. The van der Waals surface area contributed by atoms with Gasteiger partial charge in [-0.3, -0.25) is 0 Å². The van der Waals surface area contributed by atoms with Crippen LogP contribution in [-0.4, -0.2) is 26.0 Å². The van der Waals surface area contributed by atoms with Crippen LogP contribution >= 0.6 is 0 Å². The summed E-state index contributed by atoms with van der Waals surface area (Å²) < 4.78 is 38.1. The van der Waals surface area contributed by atoms with Gasteiger partial charge in [-0.25, -0.2) is 8.78 Å². The fourth-order valence-electron chi connectivity index (χ4n) is 1.89. The molecule has 0 amide bonds. The first-order valence-electron chi connectivity index (χ1n) is 6.55. The number of benzene rings is 1. The summed E-state index contributed by atoms with van der Waals surface area (Å²) in [6.07, 6.45) is -0.647. The van der Waals surface area contributed by atoms with E-state index in [0.29, 0.717) is 19.8 Å². The second kappa shape index (κ2) is 8.19. The minimum Gasteiger partial charge on any atom is -0.351 e. The van der Waals surface area contributed by atoms with Crippen LogP contribution in [0.3, 0.4) is 0 Å². The van der Waals surface area contributed by atoms with Crippen molar-refractivity contribution in [3.05, 3.63) is 35.4 Å². The molecule has 1 atom stereocenters. The molecule has 0 bridgehead atoms. The molecule has 1 aromatic rings. The minimum absolute atomic E-state index is 0.216. The van der Waals surface area contributed by atoms with Crippen LogP contribution in [0.1, 0.15) is 32.4 Å². The SMILES string of the molecule is CCNC(c1cc(F)ccc1F)C(OCC)OCC. The maximum Gasteiger partial charge on any atom is 0.176 e. The standard InChI is InChI=1S/C14H21F2NO2/c1-4-17-13(14(18-5-2)19-6-3)11-9-10(15)7-8-12(11)16/h7-9,13-14,17H,4-6H2,1-3H3. The van der Waals surface area contributed by atoms with Crippen LogP contribution in [0, 0.1) is 11.6 Å². The van der Waals surface area contributed by atoms with Crippen molar-refractivity contribution >= 4 is 0 Å². The number of halogens is 2. The molecular formula is C14H21F2NO2. The Bertz CT molecular complexity index is 382. The number of ether oxygens (including phenoxy) is 2. The predicted octanol–water partition coefficient (Wildman–Crippen LogP) is 3.01. The van der Waals surface area contributed by atoms with Crippen molar-refractivity contribution in [3.8, 4) is 0 Å². The Balaban J connectivity index is 3.05. The molecule has 3 nitrogen and oxygen atoms in total. The summed E-state index contributed by atoms with van der Waals surface area (Å²) >= 11 is 0. The van der Waals surface area contributed by atoms with E-state index in [1.54, 1.807) is 0 Å². The quantitative estimate of drug-likeness (QED) is 0.739. The van der Waals surface area contributed by atoms with E-state index in [1.165, 1.54) is 6.07 Å². The number of hydrogen-bond acceptors (Lipinski definition) is 3. The molecule has 0 aliphatic rings. The van der Waals surface area contributed by atoms with Crippen molar-refractivity contribution in [1.82, 2.24) is 5.32 Å². The Labute approximate surface area is 112 Å². The fraction of sp³-hybridized carbons (Fsp3) is 0.571. The highest BCUT2D eigenvalue weighted by molar-refractivity contribution is 5.23. The highest BCUT2D eigenvalue weighted by atomic mass is 19.1. The lowest BCUT2D eigenvalue weighted by Crippen LogP contribution is -2.36. The van der Waals surface area contributed by atoms with Gasteiger partial charge in [-0.15, -0.1) is 0 Å². The van der Waals surface area contributed by atoms with E-state index in [1.807, 2.05) is 20.8 Å². The highest BCUT2D eigenvalue weighted by Gasteiger charge is 2.26. The number of hydrogen-bond donors (Lipinski definition) is 1. The lowest BCUT2D eigenvalue weighted by atomic mass is 10.1. The van der Waals surface area contributed by atoms with Crippen molar-refractivity contribution in [2.75, 3.05) is 19.8 Å². The third-order valence-corrected chi connectivity index (χ3v) is 2.65. The van der Waals surface area contributed by atoms with Crippen LogP contribution in [0.5, 0.6) is 0 Å². The van der Waals surface area contributed by atoms with E-state index in [4.69, 9.17) is 9.47 Å². The Morgan fingerprint density at radius 1 is 1.11 bits per heavy atom. The van der Waals surface area contributed by atoms with E-state index in [9.17, 15) is 8.78 Å². The van der Waals surface area contributed by atoms with Gasteiger partial charge in [0.15, 0.2) is 6.29 Å². The summed E-state index contributed by atoms with van der Waals surface area (Å²) in [6.45, 7) is 7.01. The van der Waals surface area contributed by atoms with Crippen molar-refractivity contribution in [2.45, 2.75) is 33.1 Å². The Morgan fingerprint density at radius 2 is 1.74 bits per heavy atom. The second-order valence-corrected chi connectivity index (χ2v) is 3.98. The van der Waals surface area contributed by atoms with Gasteiger partial charge >= 0.3 is 0 Å². The first-order valence-corrected chi connectivity index (χ1v) is 6.55. The van der Waals surface area contributed by atoms with Crippen LogP contribution in [-0.2, 0) is 9.47 Å². The van der Waals surface area contributed by atoms with E-state index >= 15 is 0 Å². The average molecular weight is 273 g/mol. The van der Waals surface area contributed by atoms with Crippen molar-refractivity contribution < 1.29 is 18.3 Å². The van der Waals surface area contributed by atoms with Gasteiger partial charge in [0.05, 0.1) is 6.04 Å². The Hall–Kier alpha value is -1.04. The number of rotatable bonds is 8. The van der Waals surface area contributed by atoms with Gasteiger partial charge in [-0.2, -0.15) is 0 Å². The third-order valence-electron chi connectivity index (χ3n) is 2.65.